The number of carbonyl (C=O) groups excluding carboxylic acids is 1. The standard InChI is InChI=1S/C20H19FN4O/c1-13-12-14(2)23-20(22-13)24-17-8-4-15(5-9-17)19(26)25(3)18-10-6-16(21)7-11-18/h4-12H,1-3H3,(H,22,23,24). The first-order valence-electron chi connectivity index (χ1n) is 8.15. The zero-order valence-electron chi connectivity index (χ0n) is 14.8. The van der Waals surface area contributed by atoms with Gasteiger partial charge in [-0.05, 0) is 68.4 Å². The number of nitrogens with one attached hydrogen (secondary N) is 1. The van der Waals surface area contributed by atoms with E-state index in [1.54, 1.807) is 43.4 Å². The Kier molecular flexibility index (Phi) is 4.93. The molecule has 0 saturated heterocycles. The second-order valence-corrected chi connectivity index (χ2v) is 6.02. The summed E-state index contributed by atoms with van der Waals surface area (Å²) in [6, 6.07) is 14.8. The number of amides is 1. The van der Waals surface area contributed by atoms with Crippen LogP contribution in [-0.2, 0) is 0 Å². The van der Waals surface area contributed by atoms with Crippen molar-refractivity contribution in [2.45, 2.75) is 13.8 Å². The second-order valence-electron chi connectivity index (χ2n) is 6.02. The largest absolute Gasteiger partial charge is 0.324 e. The minimum atomic E-state index is -0.335. The van der Waals surface area contributed by atoms with Crippen LogP contribution in [0, 0.1) is 19.7 Å². The summed E-state index contributed by atoms with van der Waals surface area (Å²) in [5, 5.41) is 3.13. The van der Waals surface area contributed by atoms with Gasteiger partial charge in [0.1, 0.15) is 5.82 Å². The van der Waals surface area contributed by atoms with Gasteiger partial charge in [-0.1, -0.05) is 0 Å². The molecule has 0 aliphatic carbocycles. The van der Waals surface area contributed by atoms with Crippen molar-refractivity contribution in [2.75, 3.05) is 17.3 Å². The van der Waals surface area contributed by atoms with Crippen LogP contribution < -0.4 is 10.2 Å². The summed E-state index contributed by atoms with van der Waals surface area (Å²) >= 11 is 0. The predicted octanol–water partition coefficient (Wildman–Crippen LogP) is 4.25. The van der Waals surface area contributed by atoms with Crippen LogP contribution in [0.25, 0.3) is 0 Å². The van der Waals surface area contributed by atoms with Gasteiger partial charge in [-0.15, -0.1) is 0 Å². The van der Waals surface area contributed by atoms with Gasteiger partial charge < -0.3 is 10.2 Å². The number of benzene rings is 2. The molecular formula is C20H19FN4O. The van der Waals surface area contributed by atoms with E-state index in [2.05, 4.69) is 15.3 Å². The van der Waals surface area contributed by atoms with Gasteiger partial charge >= 0.3 is 0 Å². The zero-order chi connectivity index (χ0) is 18.7. The van der Waals surface area contributed by atoms with Gasteiger partial charge in [-0.2, -0.15) is 0 Å². The van der Waals surface area contributed by atoms with E-state index >= 15 is 0 Å². The van der Waals surface area contributed by atoms with Crippen LogP contribution in [0.15, 0.2) is 54.6 Å². The van der Waals surface area contributed by atoms with E-state index in [4.69, 9.17) is 0 Å². The van der Waals surface area contributed by atoms with Crippen LogP contribution in [0.1, 0.15) is 21.7 Å². The molecule has 26 heavy (non-hydrogen) atoms. The molecule has 1 aromatic heterocycles. The zero-order valence-corrected chi connectivity index (χ0v) is 14.8. The molecular weight excluding hydrogens is 331 g/mol. The normalized spacial score (nSPS) is 10.5. The van der Waals surface area contributed by atoms with Crippen LogP contribution in [-0.4, -0.2) is 22.9 Å². The van der Waals surface area contributed by atoms with Crippen molar-refractivity contribution in [1.29, 1.82) is 0 Å². The molecule has 0 aliphatic heterocycles. The Morgan fingerprint density at radius 3 is 2.12 bits per heavy atom. The van der Waals surface area contributed by atoms with E-state index in [1.165, 1.54) is 17.0 Å². The number of hydrogen-bond donors (Lipinski definition) is 1. The molecule has 3 rings (SSSR count). The molecule has 132 valence electrons. The molecule has 0 spiro atoms. The van der Waals surface area contributed by atoms with Crippen LogP contribution in [0.3, 0.4) is 0 Å². The summed E-state index contributed by atoms with van der Waals surface area (Å²) in [6.45, 7) is 3.82. The average Bonchev–Trinajstić information content (AvgIpc) is 2.61. The van der Waals surface area contributed by atoms with E-state index in [0.29, 0.717) is 17.2 Å². The highest BCUT2D eigenvalue weighted by Crippen LogP contribution is 2.19. The molecule has 3 aromatic rings. The van der Waals surface area contributed by atoms with Gasteiger partial charge in [0, 0.05) is 35.4 Å². The molecule has 0 bridgehead atoms. The Morgan fingerprint density at radius 1 is 0.962 bits per heavy atom. The molecule has 1 N–H and O–H groups in total. The number of halogens is 1. The Morgan fingerprint density at radius 2 is 1.54 bits per heavy atom. The Hall–Kier alpha value is -3.28. The van der Waals surface area contributed by atoms with E-state index in [1.807, 2.05) is 19.9 Å². The lowest BCUT2D eigenvalue weighted by Gasteiger charge is -2.17. The number of carbonyl (C=O) groups is 1. The van der Waals surface area contributed by atoms with Crippen LogP contribution in [0.4, 0.5) is 21.7 Å². The highest BCUT2D eigenvalue weighted by atomic mass is 19.1. The Balaban J connectivity index is 1.74. The number of rotatable bonds is 4. The topological polar surface area (TPSA) is 58.1 Å². The molecule has 5 nitrogen and oxygen atoms in total. The second kappa shape index (κ2) is 7.31. The highest BCUT2D eigenvalue weighted by molar-refractivity contribution is 6.05. The number of anilines is 3. The lowest BCUT2D eigenvalue weighted by Crippen LogP contribution is -2.26. The van der Waals surface area contributed by atoms with Crippen LogP contribution in [0.2, 0.25) is 0 Å². The maximum atomic E-state index is 13.0. The van der Waals surface area contributed by atoms with E-state index < -0.39 is 0 Å². The fourth-order valence-corrected chi connectivity index (χ4v) is 2.58. The molecule has 0 atom stereocenters. The minimum Gasteiger partial charge on any atom is -0.324 e. The fourth-order valence-electron chi connectivity index (χ4n) is 2.58. The van der Waals surface area contributed by atoms with Gasteiger partial charge in [0.2, 0.25) is 5.95 Å². The molecule has 0 fully saturated rings. The summed E-state index contributed by atoms with van der Waals surface area (Å²) in [7, 11) is 1.66. The monoisotopic (exact) mass is 350 g/mol. The maximum absolute atomic E-state index is 13.0. The van der Waals surface area contributed by atoms with Gasteiger partial charge in [0.25, 0.3) is 5.91 Å². The van der Waals surface area contributed by atoms with Crippen LogP contribution in [0.5, 0.6) is 0 Å². The van der Waals surface area contributed by atoms with Gasteiger partial charge in [0.15, 0.2) is 0 Å². The van der Waals surface area contributed by atoms with Crippen molar-refractivity contribution in [3.05, 3.63) is 77.4 Å². The summed E-state index contributed by atoms with van der Waals surface area (Å²) in [5.41, 5.74) is 3.71. The van der Waals surface area contributed by atoms with Crippen molar-refractivity contribution in [1.82, 2.24) is 9.97 Å². The van der Waals surface area contributed by atoms with E-state index in [-0.39, 0.29) is 11.7 Å². The first kappa shape index (κ1) is 17.5. The summed E-state index contributed by atoms with van der Waals surface area (Å²) in [4.78, 5) is 22.7. The van der Waals surface area contributed by atoms with E-state index in [0.717, 1.165) is 17.1 Å². The molecule has 0 aliphatic rings. The lowest BCUT2D eigenvalue weighted by molar-refractivity contribution is 0.0993. The highest BCUT2D eigenvalue weighted by Gasteiger charge is 2.13. The quantitative estimate of drug-likeness (QED) is 0.764. The maximum Gasteiger partial charge on any atom is 0.258 e. The molecule has 1 heterocycles. The van der Waals surface area contributed by atoms with Crippen LogP contribution >= 0.6 is 0 Å². The molecule has 2 aromatic carbocycles. The lowest BCUT2D eigenvalue weighted by atomic mass is 10.1. The SMILES string of the molecule is Cc1cc(C)nc(Nc2ccc(C(=O)N(C)c3ccc(F)cc3)cc2)n1. The predicted molar refractivity (Wildman–Crippen MR) is 100 cm³/mol. The van der Waals surface area contributed by atoms with Crippen molar-refractivity contribution in [3.8, 4) is 0 Å². The fraction of sp³-hybridized carbons (Fsp3) is 0.150. The molecule has 6 heteroatoms. The van der Waals surface area contributed by atoms with Gasteiger partial charge in [-0.3, -0.25) is 4.79 Å². The summed E-state index contributed by atoms with van der Waals surface area (Å²) in [5.74, 6) is 0.00875. The molecule has 1 amide bonds. The molecule has 0 unspecified atom stereocenters. The van der Waals surface area contributed by atoms with Gasteiger partial charge in [0.05, 0.1) is 0 Å². The third kappa shape index (κ3) is 4.03. The smallest absolute Gasteiger partial charge is 0.258 e. The first-order chi connectivity index (χ1) is 12.4. The van der Waals surface area contributed by atoms with Gasteiger partial charge in [-0.25, -0.2) is 14.4 Å². The third-order valence-corrected chi connectivity index (χ3v) is 3.89. The van der Waals surface area contributed by atoms with Crippen molar-refractivity contribution >= 4 is 23.2 Å². The average molecular weight is 350 g/mol. The number of aromatic nitrogens is 2. The van der Waals surface area contributed by atoms with Crippen molar-refractivity contribution in [3.63, 3.8) is 0 Å². The summed E-state index contributed by atoms with van der Waals surface area (Å²) in [6.07, 6.45) is 0. The van der Waals surface area contributed by atoms with E-state index in [9.17, 15) is 9.18 Å². The first-order valence-corrected chi connectivity index (χ1v) is 8.15. The molecule has 0 saturated carbocycles. The number of aryl methyl sites for hydroxylation is 2. The number of hydrogen-bond acceptors (Lipinski definition) is 4. The summed E-state index contributed by atoms with van der Waals surface area (Å²) < 4.78 is 13.0. The third-order valence-electron chi connectivity index (χ3n) is 3.89. The molecule has 0 radical (unpaired) electrons. The van der Waals surface area contributed by atoms with Crippen molar-refractivity contribution < 1.29 is 9.18 Å². The number of nitrogens with zero attached hydrogens (tertiary/aromatic N) is 3. The minimum absolute atomic E-state index is 0.175. The Labute approximate surface area is 151 Å². The Bertz CT molecular complexity index is 903. The van der Waals surface area contributed by atoms with Crippen molar-refractivity contribution in [2.24, 2.45) is 0 Å².